The van der Waals surface area contributed by atoms with E-state index in [9.17, 15) is 9.59 Å². The Kier molecular flexibility index (Phi) is 8.17. The molecule has 3 aromatic rings. The van der Waals surface area contributed by atoms with Crippen LogP contribution in [0.5, 0.6) is 5.75 Å². The first-order chi connectivity index (χ1) is 16.6. The molecular weight excluding hydrogens is 452 g/mol. The van der Waals surface area contributed by atoms with Crippen molar-refractivity contribution in [3.63, 3.8) is 0 Å². The summed E-state index contributed by atoms with van der Waals surface area (Å²) in [6.45, 7) is 3.00. The van der Waals surface area contributed by atoms with Gasteiger partial charge < -0.3 is 24.4 Å². The van der Waals surface area contributed by atoms with Crippen molar-refractivity contribution >= 4 is 28.2 Å². The second kappa shape index (κ2) is 11.7. The number of nitrogens with zero attached hydrogens (tertiary/aromatic N) is 1. The summed E-state index contributed by atoms with van der Waals surface area (Å²) in [5.41, 5.74) is 3.11. The molecule has 4 rings (SSSR count). The Morgan fingerprint density at radius 3 is 2.50 bits per heavy atom. The maximum absolute atomic E-state index is 12.7. The fourth-order valence-corrected chi connectivity index (χ4v) is 4.83. The van der Waals surface area contributed by atoms with Crippen LogP contribution in [0.3, 0.4) is 0 Å². The van der Waals surface area contributed by atoms with Gasteiger partial charge in [-0.1, -0.05) is 42.5 Å². The van der Waals surface area contributed by atoms with Crippen molar-refractivity contribution in [1.29, 1.82) is 0 Å². The molecule has 2 aromatic carbocycles. The van der Waals surface area contributed by atoms with Gasteiger partial charge in [0.05, 0.1) is 25.3 Å². The van der Waals surface area contributed by atoms with Gasteiger partial charge in [-0.2, -0.15) is 0 Å². The van der Waals surface area contributed by atoms with Crippen LogP contribution >= 0.6 is 11.3 Å². The summed E-state index contributed by atoms with van der Waals surface area (Å²) in [4.78, 5) is 27.6. The summed E-state index contributed by atoms with van der Waals surface area (Å²) in [5, 5.41) is 3.81. The van der Waals surface area contributed by atoms with E-state index in [-0.39, 0.29) is 12.5 Å². The molecule has 7 nitrogen and oxygen atoms in total. The zero-order valence-electron chi connectivity index (χ0n) is 19.1. The molecule has 0 aliphatic carbocycles. The van der Waals surface area contributed by atoms with Crippen molar-refractivity contribution < 1.29 is 23.8 Å². The predicted octanol–water partition coefficient (Wildman–Crippen LogP) is 3.78. The van der Waals surface area contributed by atoms with Crippen LogP contribution in [0.2, 0.25) is 0 Å². The number of thiophene rings is 1. The number of nitrogens with one attached hydrogen (secondary N) is 1. The first kappa shape index (κ1) is 23.8. The zero-order valence-corrected chi connectivity index (χ0v) is 19.9. The van der Waals surface area contributed by atoms with Crippen LogP contribution in [0, 0.1) is 0 Å². The summed E-state index contributed by atoms with van der Waals surface area (Å²) in [6.07, 6.45) is 0.679. The molecule has 0 atom stereocenters. The average molecular weight is 481 g/mol. The summed E-state index contributed by atoms with van der Waals surface area (Å²) in [7, 11) is 1.62. The molecule has 1 fully saturated rings. The number of benzene rings is 2. The van der Waals surface area contributed by atoms with Gasteiger partial charge in [-0.05, 0) is 35.7 Å². The monoisotopic (exact) mass is 480 g/mol. The maximum atomic E-state index is 12.7. The third-order valence-corrected chi connectivity index (χ3v) is 6.70. The molecule has 1 amide bonds. The van der Waals surface area contributed by atoms with E-state index in [1.807, 2.05) is 60.7 Å². The van der Waals surface area contributed by atoms with Crippen LogP contribution in [0.25, 0.3) is 11.1 Å². The fourth-order valence-electron chi connectivity index (χ4n) is 3.70. The number of morpholine rings is 1. The Hall–Kier alpha value is -3.36. The Balaban J connectivity index is 1.33. The lowest BCUT2D eigenvalue weighted by atomic mass is 10.1. The normalized spacial score (nSPS) is 13.4. The molecule has 0 spiro atoms. The highest BCUT2D eigenvalue weighted by atomic mass is 32.1. The van der Waals surface area contributed by atoms with Gasteiger partial charge in [0, 0.05) is 25.2 Å². The SMILES string of the molecule is COc1ccc(CCNC(=O)COC(=O)c2cc(-c3ccccc3)c(N3CCOCC3)s2)cc1. The molecule has 0 radical (unpaired) electrons. The van der Waals surface area contributed by atoms with E-state index in [2.05, 4.69) is 10.2 Å². The van der Waals surface area contributed by atoms with E-state index in [0.717, 1.165) is 40.5 Å². The highest BCUT2D eigenvalue weighted by Crippen LogP contribution is 2.39. The largest absolute Gasteiger partial charge is 0.497 e. The second-order valence-corrected chi connectivity index (χ2v) is 8.85. The molecule has 8 heteroatoms. The van der Waals surface area contributed by atoms with Crippen molar-refractivity contribution in [3.05, 3.63) is 71.1 Å². The molecule has 0 bridgehead atoms. The Morgan fingerprint density at radius 2 is 1.79 bits per heavy atom. The van der Waals surface area contributed by atoms with Gasteiger partial charge in [-0.3, -0.25) is 4.79 Å². The topological polar surface area (TPSA) is 77.1 Å². The van der Waals surface area contributed by atoms with Gasteiger partial charge in [0.1, 0.15) is 10.6 Å². The Labute approximate surface area is 203 Å². The van der Waals surface area contributed by atoms with E-state index in [0.29, 0.717) is 31.1 Å². The van der Waals surface area contributed by atoms with Crippen LogP contribution in [0.4, 0.5) is 5.00 Å². The lowest BCUT2D eigenvalue weighted by molar-refractivity contribution is -0.124. The molecule has 1 saturated heterocycles. The first-order valence-corrected chi connectivity index (χ1v) is 12.0. The smallest absolute Gasteiger partial charge is 0.348 e. The molecule has 2 heterocycles. The molecule has 0 unspecified atom stereocenters. The number of hydrogen-bond donors (Lipinski definition) is 1. The number of rotatable bonds is 9. The summed E-state index contributed by atoms with van der Waals surface area (Å²) in [5.74, 6) is -0.0254. The number of methoxy groups -OCH3 is 1. The predicted molar refractivity (Wildman–Crippen MR) is 133 cm³/mol. The first-order valence-electron chi connectivity index (χ1n) is 11.2. The third-order valence-electron chi connectivity index (χ3n) is 5.53. The van der Waals surface area contributed by atoms with Crippen LogP contribution in [0.1, 0.15) is 15.2 Å². The van der Waals surface area contributed by atoms with Crippen molar-refractivity contribution in [2.45, 2.75) is 6.42 Å². The maximum Gasteiger partial charge on any atom is 0.348 e. The van der Waals surface area contributed by atoms with E-state index in [1.54, 1.807) is 7.11 Å². The minimum Gasteiger partial charge on any atom is -0.497 e. The standard InChI is InChI=1S/C26H28N2O5S/c1-31-21-9-7-19(8-10-21)11-12-27-24(29)18-33-26(30)23-17-22(20-5-3-2-4-6-20)25(34-23)28-13-15-32-16-14-28/h2-10,17H,11-16,18H2,1H3,(H,27,29). The van der Waals surface area contributed by atoms with Gasteiger partial charge in [-0.15, -0.1) is 11.3 Å². The number of hydrogen-bond acceptors (Lipinski definition) is 7. The number of amides is 1. The van der Waals surface area contributed by atoms with Crippen LogP contribution in [-0.4, -0.2) is 58.4 Å². The molecular formula is C26H28N2O5S. The average Bonchev–Trinajstić information content (AvgIpc) is 3.34. The summed E-state index contributed by atoms with van der Waals surface area (Å²) in [6, 6.07) is 19.5. The number of anilines is 1. The number of ether oxygens (including phenoxy) is 3. The zero-order chi connectivity index (χ0) is 23.8. The van der Waals surface area contributed by atoms with E-state index >= 15 is 0 Å². The van der Waals surface area contributed by atoms with Gasteiger partial charge in [0.2, 0.25) is 0 Å². The highest BCUT2D eigenvalue weighted by molar-refractivity contribution is 7.18. The number of esters is 1. The van der Waals surface area contributed by atoms with E-state index < -0.39 is 5.97 Å². The van der Waals surface area contributed by atoms with Gasteiger partial charge in [-0.25, -0.2) is 4.79 Å². The molecule has 1 aliphatic heterocycles. The summed E-state index contributed by atoms with van der Waals surface area (Å²) < 4.78 is 15.9. The quantitative estimate of drug-likeness (QED) is 0.470. The lowest BCUT2D eigenvalue weighted by Crippen LogP contribution is -2.35. The van der Waals surface area contributed by atoms with Crippen molar-refractivity contribution in [2.75, 3.05) is 51.5 Å². The second-order valence-electron chi connectivity index (χ2n) is 7.82. The molecule has 0 saturated carbocycles. The third kappa shape index (κ3) is 6.15. The number of carbonyl (C=O) groups excluding carboxylic acids is 2. The van der Waals surface area contributed by atoms with Gasteiger partial charge in [0.15, 0.2) is 6.61 Å². The van der Waals surface area contributed by atoms with Crippen molar-refractivity contribution in [1.82, 2.24) is 5.32 Å². The van der Waals surface area contributed by atoms with Crippen LogP contribution in [-0.2, 0) is 20.7 Å². The molecule has 1 aromatic heterocycles. The minimum atomic E-state index is -0.494. The van der Waals surface area contributed by atoms with E-state index in [4.69, 9.17) is 14.2 Å². The molecule has 1 N–H and O–H groups in total. The summed E-state index contributed by atoms with van der Waals surface area (Å²) >= 11 is 1.39. The fraction of sp³-hybridized carbons (Fsp3) is 0.308. The van der Waals surface area contributed by atoms with Gasteiger partial charge in [0.25, 0.3) is 5.91 Å². The Bertz CT molecular complexity index is 1090. The van der Waals surface area contributed by atoms with Crippen molar-refractivity contribution in [2.24, 2.45) is 0 Å². The molecule has 1 aliphatic rings. The number of carbonyl (C=O) groups is 2. The lowest BCUT2D eigenvalue weighted by Gasteiger charge is -2.28. The van der Waals surface area contributed by atoms with Crippen molar-refractivity contribution in [3.8, 4) is 16.9 Å². The Morgan fingerprint density at radius 1 is 1.06 bits per heavy atom. The van der Waals surface area contributed by atoms with Gasteiger partial charge >= 0.3 is 5.97 Å². The molecule has 178 valence electrons. The van der Waals surface area contributed by atoms with Crippen LogP contribution < -0.4 is 15.0 Å². The molecule has 34 heavy (non-hydrogen) atoms. The minimum absolute atomic E-state index is 0.313. The van der Waals surface area contributed by atoms with E-state index in [1.165, 1.54) is 11.3 Å². The highest BCUT2D eigenvalue weighted by Gasteiger charge is 2.23. The van der Waals surface area contributed by atoms with Crippen LogP contribution in [0.15, 0.2) is 60.7 Å².